The van der Waals surface area contributed by atoms with Gasteiger partial charge in [0.05, 0.1) is 11.3 Å². The van der Waals surface area contributed by atoms with E-state index in [1.807, 2.05) is 42.5 Å². The molecule has 2 aliphatic rings. The molecule has 0 radical (unpaired) electrons. The number of hydrogen-bond acceptors (Lipinski definition) is 4. The third-order valence-corrected chi connectivity index (χ3v) is 7.21. The number of aliphatic carboxylic acids is 1. The molecule has 7 nitrogen and oxygen atoms in total. The third-order valence-electron chi connectivity index (χ3n) is 6.88. The third kappa shape index (κ3) is 4.05. The summed E-state index contributed by atoms with van der Waals surface area (Å²) in [7, 11) is 0. The van der Waals surface area contributed by atoms with Gasteiger partial charge in [0.1, 0.15) is 11.2 Å². The van der Waals surface area contributed by atoms with Crippen molar-refractivity contribution in [2.75, 3.05) is 0 Å². The number of pyridine rings is 2. The van der Waals surface area contributed by atoms with Crippen LogP contribution in [-0.4, -0.2) is 32.6 Å². The molecule has 0 bridgehead atoms. The summed E-state index contributed by atoms with van der Waals surface area (Å²) < 4.78 is 1.76. The number of nitrogens with zero attached hydrogens (tertiary/aromatic N) is 2. The first-order valence-electron chi connectivity index (χ1n) is 11.8. The van der Waals surface area contributed by atoms with E-state index in [0.717, 1.165) is 35.2 Å². The topological polar surface area (TPSA) is 101 Å². The Morgan fingerprint density at radius 3 is 2.58 bits per heavy atom. The second kappa shape index (κ2) is 8.60. The molecule has 0 spiro atoms. The van der Waals surface area contributed by atoms with Crippen molar-refractivity contribution in [2.24, 2.45) is 5.92 Å². The van der Waals surface area contributed by atoms with Crippen LogP contribution in [0.3, 0.4) is 0 Å². The lowest BCUT2D eigenvalue weighted by Gasteiger charge is -2.14. The molecule has 8 heteroatoms. The van der Waals surface area contributed by atoms with E-state index < -0.39 is 5.97 Å². The second-order valence-corrected chi connectivity index (χ2v) is 9.84. The summed E-state index contributed by atoms with van der Waals surface area (Å²) in [5.74, 6) is -1.58. The van der Waals surface area contributed by atoms with Gasteiger partial charge in [-0.2, -0.15) is 0 Å². The van der Waals surface area contributed by atoms with Crippen LogP contribution >= 0.6 is 11.6 Å². The van der Waals surface area contributed by atoms with E-state index in [0.29, 0.717) is 22.5 Å². The molecule has 2 atom stereocenters. The number of halogens is 1. The lowest BCUT2D eigenvalue weighted by atomic mass is 10.0. The summed E-state index contributed by atoms with van der Waals surface area (Å²) in [5.41, 5.74) is 3.56. The van der Waals surface area contributed by atoms with Crippen molar-refractivity contribution in [1.29, 1.82) is 0 Å². The first-order chi connectivity index (χ1) is 17.4. The van der Waals surface area contributed by atoms with Crippen LogP contribution in [0.4, 0.5) is 0 Å². The molecular weight excluding hydrogens is 478 g/mol. The Balaban J connectivity index is 1.41. The molecule has 2 aliphatic carbocycles. The van der Waals surface area contributed by atoms with Crippen LogP contribution in [0.5, 0.6) is 0 Å². The molecule has 6 rings (SSSR count). The molecule has 0 aliphatic heterocycles. The van der Waals surface area contributed by atoms with E-state index >= 15 is 0 Å². The maximum absolute atomic E-state index is 13.1. The molecule has 0 saturated heterocycles. The van der Waals surface area contributed by atoms with Gasteiger partial charge >= 0.3 is 5.97 Å². The number of nitrogens with one attached hydrogen (secondary N) is 1. The minimum atomic E-state index is -0.792. The number of hydrogen-bond donors (Lipinski definition) is 2. The number of carbonyl (C=O) groups is 2. The fraction of sp³-hybridized carbons (Fsp3) is 0.214. The van der Waals surface area contributed by atoms with E-state index in [9.17, 15) is 19.5 Å². The van der Waals surface area contributed by atoms with Gasteiger partial charge in [-0.25, -0.2) is 4.98 Å². The summed E-state index contributed by atoms with van der Waals surface area (Å²) in [4.78, 5) is 41.6. The Kier molecular flexibility index (Phi) is 5.38. The minimum absolute atomic E-state index is 0.0470. The first-order valence-corrected chi connectivity index (χ1v) is 12.2. The smallest absolute Gasteiger partial charge is 0.307 e. The van der Waals surface area contributed by atoms with E-state index in [4.69, 9.17) is 11.6 Å². The van der Waals surface area contributed by atoms with Crippen molar-refractivity contribution in [3.63, 3.8) is 0 Å². The fourth-order valence-electron chi connectivity index (χ4n) is 4.66. The van der Waals surface area contributed by atoms with Gasteiger partial charge in [0.15, 0.2) is 0 Å². The van der Waals surface area contributed by atoms with Crippen molar-refractivity contribution in [2.45, 2.75) is 31.2 Å². The molecule has 180 valence electrons. The molecule has 2 N–H and O–H groups in total. The van der Waals surface area contributed by atoms with Crippen LogP contribution < -0.4 is 10.7 Å². The van der Waals surface area contributed by atoms with Gasteiger partial charge in [-0.3, -0.25) is 14.4 Å². The van der Waals surface area contributed by atoms with E-state index in [1.54, 1.807) is 29.1 Å². The SMILES string of the molecule is O=C(NC1CC1)c1cn(-c2cccc(-c3ccc(C4CC4C(=O)O)c(Cl)c3)c2)c2ncccc2c1=O. The summed E-state index contributed by atoms with van der Waals surface area (Å²) in [5, 5.41) is 13.1. The van der Waals surface area contributed by atoms with E-state index in [1.165, 1.54) is 0 Å². The quantitative estimate of drug-likeness (QED) is 0.397. The predicted octanol–water partition coefficient (Wildman–Crippen LogP) is 4.79. The standard InChI is InChI=1S/C28H22ClN3O4/c29-24-12-16(6-9-19(24)21-13-22(21)28(35)36)15-3-1-4-18(11-15)32-14-23(27(34)31-17-7-8-17)25(33)20-5-2-10-30-26(20)32/h1-6,9-12,14,17,21-22H,7-8,13H2,(H,31,34)(H,35,36). The Morgan fingerprint density at radius 1 is 1.06 bits per heavy atom. The molecule has 2 saturated carbocycles. The van der Waals surface area contributed by atoms with Gasteiger partial charge in [0, 0.05) is 29.1 Å². The molecule has 2 aromatic carbocycles. The van der Waals surface area contributed by atoms with Gasteiger partial charge in [-0.15, -0.1) is 0 Å². The highest BCUT2D eigenvalue weighted by molar-refractivity contribution is 6.31. The zero-order valence-electron chi connectivity index (χ0n) is 19.1. The van der Waals surface area contributed by atoms with Crippen LogP contribution in [0.15, 0.2) is 71.8 Å². The number of carbonyl (C=O) groups excluding carboxylic acids is 1. The van der Waals surface area contributed by atoms with Crippen LogP contribution in [0.25, 0.3) is 27.8 Å². The van der Waals surface area contributed by atoms with Crippen LogP contribution in [-0.2, 0) is 4.79 Å². The number of aromatic nitrogens is 2. The number of benzene rings is 2. The van der Waals surface area contributed by atoms with Crippen molar-refractivity contribution in [3.8, 4) is 16.8 Å². The number of carboxylic acids is 1. The van der Waals surface area contributed by atoms with Crippen LogP contribution in [0.2, 0.25) is 5.02 Å². The Hall–Kier alpha value is -3.97. The van der Waals surface area contributed by atoms with Gasteiger partial charge < -0.3 is 15.0 Å². The summed E-state index contributed by atoms with van der Waals surface area (Å²) >= 11 is 6.55. The van der Waals surface area contributed by atoms with Crippen molar-refractivity contribution < 1.29 is 14.7 Å². The zero-order valence-corrected chi connectivity index (χ0v) is 19.9. The maximum Gasteiger partial charge on any atom is 0.307 e. The second-order valence-electron chi connectivity index (χ2n) is 9.44. The summed E-state index contributed by atoms with van der Waals surface area (Å²) in [6, 6.07) is 16.9. The molecule has 36 heavy (non-hydrogen) atoms. The van der Waals surface area contributed by atoms with E-state index in [2.05, 4.69) is 10.3 Å². The Bertz CT molecular complexity index is 1610. The Morgan fingerprint density at radius 2 is 1.86 bits per heavy atom. The van der Waals surface area contributed by atoms with Crippen molar-refractivity contribution >= 4 is 34.5 Å². The van der Waals surface area contributed by atoms with Crippen molar-refractivity contribution in [3.05, 3.63) is 93.4 Å². The Labute approximate surface area is 211 Å². The number of carboxylic acid groups (broad SMARTS) is 1. The number of amides is 1. The largest absolute Gasteiger partial charge is 0.481 e. The minimum Gasteiger partial charge on any atom is -0.481 e. The van der Waals surface area contributed by atoms with Crippen LogP contribution in [0, 0.1) is 5.92 Å². The maximum atomic E-state index is 13.1. The molecule has 2 unspecified atom stereocenters. The fourth-order valence-corrected chi connectivity index (χ4v) is 4.98. The predicted molar refractivity (Wildman–Crippen MR) is 137 cm³/mol. The normalized spacial score (nSPS) is 18.7. The van der Waals surface area contributed by atoms with E-state index in [-0.39, 0.29) is 34.8 Å². The van der Waals surface area contributed by atoms with Crippen LogP contribution in [0.1, 0.15) is 41.1 Å². The van der Waals surface area contributed by atoms with Gasteiger partial charge in [-0.05, 0) is 72.2 Å². The summed E-state index contributed by atoms with van der Waals surface area (Å²) in [6.07, 6.45) is 5.63. The molecule has 2 fully saturated rings. The van der Waals surface area contributed by atoms with Gasteiger partial charge in [0.25, 0.3) is 5.91 Å². The van der Waals surface area contributed by atoms with Gasteiger partial charge in [-0.1, -0.05) is 35.9 Å². The lowest BCUT2D eigenvalue weighted by molar-refractivity contribution is -0.138. The average molecular weight is 500 g/mol. The van der Waals surface area contributed by atoms with Crippen molar-refractivity contribution in [1.82, 2.24) is 14.9 Å². The molecule has 4 aromatic rings. The molecule has 2 aromatic heterocycles. The first kappa shape index (κ1) is 22.5. The highest BCUT2D eigenvalue weighted by Gasteiger charge is 2.45. The molecular formula is C28H22ClN3O4. The average Bonchev–Trinajstić information content (AvgIpc) is 3.80. The van der Waals surface area contributed by atoms with Gasteiger partial charge in [0.2, 0.25) is 5.43 Å². The monoisotopic (exact) mass is 499 g/mol. The number of fused-ring (bicyclic) bond motifs is 1. The highest BCUT2D eigenvalue weighted by Crippen LogP contribution is 2.50. The lowest BCUT2D eigenvalue weighted by Crippen LogP contribution is -2.31. The molecule has 2 heterocycles. The summed E-state index contributed by atoms with van der Waals surface area (Å²) in [6.45, 7) is 0. The number of rotatable bonds is 6. The zero-order chi connectivity index (χ0) is 25.0. The molecule has 1 amide bonds. The highest BCUT2D eigenvalue weighted by atomic mass is 35.5.